The monoisotopic (exact) mass is 436 g/mol. The van der Waals surface area contributed by atoms with Crippen molar-refractivity contribution < 1.29 is 9.21 Å². The first-order valence-corrected chi connectivity index (χ1v) is 10.5. The molecule has 0 aliphatic carbocycles. The van der Waals surface area contributed by atoms with Crippen LogP contribution in [0.25, 0.3) is 28.3 Å². The van der Waals surface area contributed by atoms with Gasteiger partial charge in [-0.05, 0) is 28.6 Å². The van der Waals surface area contributed by atoms with Gasteiger partial charge in [0.25, 0.3) is 0 Å². The van der Waals surface area contributed by atoms with Gasteiger partial charge < -0.3 is 9.73 Å². The summed E-state index contributed by atoms with van der Waals surface area (Å²) in [5, 5.41) is 14.0. The van der Waals surface area contributed by atoms with E-state index in [4.69, 9.17) is 9.40 Å². The number of tetrazole rings is 1. The summed E-state index contributed by atoms with van der Waals surface area (Å²) in [6.07, 6.45) is 2.11. The highest BCUT2D eigenvalue weighted by Crippen LogP contribution is 2.32. The molecule has 1 N–H and O–H groups in total. The van der Waals surface area contributed by atoms with Gasteiger partial charge in [-0.25, -0.2) is 9.67 Å². The molecule has 0 unspecified atom stereocenters. The molecule has 3 aromatic carbocycles. The lowest BCUT2D eigenvalue weighted by atomic mass is 10.1. The van der Waals surface area contributed by atoms with Crippen molar-refractivity contribution in [2.75, 3.05) is 5.32 Å². The number of hydrogen-bond acceptors (Lipinski definition) is 6. The standard InChI is InChI=1S/C25H20N6O2/c32-22(27-20-12-7-13-21(16-20)31-17-26-29-30-31)14-15-23-28-24(18-8-3-1-4-9-18)25(33-23)19-10-5-2-6-11-19/h1-13,16-17H,14-15H2,(H,27,32). The van der Waals surface area contributed by atoms with E-state index >= 15 is 0 Å². The minimum Gasteiger partial charge on any atom is -0.440 e. The Balaban J connectivity index is 1.31. The molecule has 2 heterocycles. The van der Waals surface area contributed by atoms with Gasteiger partial charge in [0.2, 0.25) is 5.91 Å². The molecule has 8 nitrogen and oxygen atoms in total. The van der Waals surface area contributed by atoms with Crippen molar-refractivity contribution in [2.24, 2.45) is 0 Å². The normalized spacial score (nSPS) is 10.8. The van der Waals surface area contributed by atoms with Crippen LogP contribution in [0.15, 0.2) is 95.7 Å². The van der Waals surface area contributed by atoms with Gasteiger partial charge in [-0.3, -0.25) is 4.79 Å². The molecule has 0 radical (unpaired) electrons. The number of rotatable bonds is 7. The zero-order valence-electron chi connectivity index (χ0n) is 17.6. The number of carbonyl (C=O) groups is 1. The van der Waals surface area contributed by atoms with Crippen LogP contribution in [0.3, 0.4) is 0 Å². The molecule has 0 bridgehead atoms. The molecule has 0 spiro atoms. The Bertz CT molecular complexity index is 1290. The molecule has 33 heavy (non-hydrogen) atoms. The summed E-state index contributed by atoms with van der Waals surface area (Å²) in [5.74, 6) is 1.08. The summed E-state index contributed by atoms with van der Waals surface area (Å²) in [4.78, 5) is 17.3. The third-order valence-corrected chi connectivity index (χ3v) is 5.06. The molecule has 0 saturated heterocycles. The first-order valence-electron chi connectivity index (χ1n) is 10.5. The number of aryl methyl sites for hydroxylation is 1. The van der Waals surface area contributed by atoms with E-state index in [1.807, 2.05) is 78.9 Å². The molecule has 0 atom stereocenters. The summed E-state index contributed by atoms with van der Waals surface area (Å²) in [5.41, 5.74) is 4.10. The Morgan fingerprint density at radius 2 is 1.67 bits per heavy atom. The molecular formula is C25H20N6O2. The molecule has 5 rings (SSSR count). The van der Waals surface area contributed by atoms with Gasteiger partial charge in [0, 0.05) is 29.7 Å². The fourth-order valence-electron chi connectivity index (χ4n) is 3.50. The maximum absolute atomic E-state index is 12.6. The fourth-order valence-corrected chi connectivity index (χ4v) is 3.50. The number of anilines is 1. The number of aromatic nitrogens is 5. The molecule has 0 fully saturated rings. The van der Waals surface area contributed by atoms with Crippen molar-refractivity contribution in [3.63, 3.8) is 0 Å². The summed E-state index contributed by atoms with van der Waals surface area (Å²) in [6.45, 7) is 0. The van der Waals surface area contributed by atoms with Crippen LogP contribution in [-0.2, 0) is 11.2 Å². The predicted octanol–water partition coefficient (Wildman–Crippen LogP) is 4.56. The quantitative estimate of drug-likeness (QED) is 0.402. The summed E-state index contributed by atoms with van der Waals surface area (Å²) in [7, 11) is 0. The maximum atomic E-state index is 12.6. The van der Waals surface area contributed by atoms with Crippen molar-refractivity contribution in [1.29, 1.82) is 0 Å². The van der Waals surface area contributed by atoms with E-state index in [1.54, 1.807) is 6.07 Å². The number of hydrogen-bond donors (Lipinski definition) is 1. The second kappa shape index (κ2) is 9.27. The molecule has 0 saturated carbocycles. The van der Waals surface area contributed by atoms with Crippen LogP contribution in [0.4, 0.5) is 5.69 Å². The summed E-state index contributed by atoms with van der Waals surface area (Å²) < 4.78 is 7.63. The van der Waals surface area contributed by atoms with Crippen LogP contribution in [-0.4, -0.2) is 31.1 Å². The minimum absolute atomic E-state index is 0.135. The van der Waals surface area contributed by atoms with E-state index in [-0.39, 0.29) is 12.3 Å². The lowest BCUT2D eigenvalue weighted by molar-refractivity contribution is -0.116. The van der Waals surface area contributed by atoms with E-state index in [9.17, 15) is 4.79 Å². The van der Waals surface area contributed by atoms with Crippen molar-refractivity contribution in [1.82, 2.24) is 25.2 Å². The Morgan fingerprint density at radius 3 is 2.39 bits per heavy atom. The summed E-state index contributed by atoms with van der Waals surface area (Å²) in [6, 6.07) is 27.1. The van der Waals surface area contributed by atoms with Gasteiger partial charge in [-0.1, -0.05) is 66.7 Å². The number of carbonyl (C=O) groups excluding carboxylic acids is 1. The van der Waals surface area contributed by atoms with E-state index in [0.29, 0.717) is 23.8 Å². The number of nitrogens with zero attached hydrogens (tertiary/aromatic N) is 5. The van der Waals surface area contributed by atoms with Crippen molar-refractivity contribution in [2.45, 2.75) is 12.8 Å². The van der Waals surface area contributed by atoms with Gasteiger partial charge >= 0.3 is 0 Å². The van der Waals surface area contributed by atoms with E-state index < -0.39 is 0 Å². The fraction of sp³-hybridized carbons (Fsp3) is 0.0800. The van der Waals surface area contributed by atoms with Gasteiger partial charge in [0.05, 0.1) is 5.69 Å². The highest BCUT2D eigenvalue weighted by Gasteiger charge is 2.17. The zero-order valence-corrected chi connectivity index (χ0v) is 17.6. The van der Waals surface area contributed by atoms with E-state index in [2.05, 4.69) is 20.8 Å². The smallest absolute Gasteiger partial charge is 0.224 e. The molecule has 0 aliphatic rings. The number of amides is 1. The SMILES string of the molecule is O=C(CCc1nc(-c2ccccc2)c(-c2ccccc2)o1)Nc1cccc(-n2cnnn2)c1. The average molecular weight is 436 g/mol. The number of nitrogens with one attached hydrogen (secondary N) is 1. The van der Waals surface area contributed by atoms with Crippen molar-refractivity contribution in [3.8, 4) is 28.3 Å². The zero-order chi connectivity index (χ0) is 22.5. The van der Waals surface area contributed by atoms with Gasteiger partial charge in [-0.2, -0.15) is 0 Å². The topological polar surface area (TPSA) is 98.7 Å². The van der Waals surface area contributed by atoms with E-state index in [1.165, 1.54) is 11.0 Å². The van der Waals surface area contributed by atoms with Crippen LogP contribution in [0.1, 0.15) is 12.3 Å². The molecular weight excluding hydrogens is 416 g/mol. The second-order valence-corrected chi connectivity index (χ2v) is 7.37. The Labute approximate surface area is 189 Å². The molecule has 5 aromatic rings. The maximum Gasteiger partial charge on any atom is 0.224 e. The molecule has 1 amide bonds. The number of oxazole rings is 1. The van der Waals surface area contributed by atoms with Gasteiger partial charge in [0.15, 0.2) is 11.7 Å². The molecule has 162 valence electrons. The number of benzene rings is 3. The van der Waals surface area contributed by atoms with Crippen LogP contribution in [0.5, 0.6) is 0 Å². The first kappa shape index (κ1) is 20.3. The minimum atomic E-state index is -0.135. The van der Waals surface area contributed by atoms with Crippen LogP contribution in [0.2, 0.25) is 0 Å². The van der Waals surface area contributed by atoms with E-state index in [0.717, 1.165) is 22.5 Å². The largest absolute Gasteiger partial charge is 0.440 e. The Kier molecular flexibility index (Phi) is 5.71. The van der Waals surface area contributed by atoms with Crippen molar-refractivity contribution >= 4 is 11.6 Å². The van der Waals surface area contributed by atoms with Crippen molar-refractivity contribution in [3.05, 3.63) is 97.1 Å². The lowest BCUT2D eigenvalue weighted by Gasteiger charge is -2.06. The Hall–Kier alpha value is -4.59. The van der Waals surface area contributed by atoms with Crippen LogP contribution < -0.4 is 5.32 Å². The predicted molar refractivity (Wildman–Crippen MR) is 123 cm³/mol. The molecule has 8 heteroatoms. The average Bonchev–Trinajstić information content (AvgIpc) is 3.55. The first-order chi connectivity index (χ1) is 16.3. The summed E-state index contributed by atoms with van der Waals surface area (Å²) >= 11 is 0. The third kappa shape index (κ3) is 4.69. The highest BCUT2D eigenvalue weighted by molar-refractivity contribution is 5.91. The molecule has 0 aliphatic heterocycles. The lowest BCUT2D eigenvalue weighted by Crippen LogP contribution is -2.12. The van der Waals surface area contributed by atoms with Gasteiger partial charge in [-0.15, -0.1) is 5.10 Å². The van der Waals surface area contributed by atoms with Crippen LogP contribution >= 0.6 is 0 Å². The van der Waals surface area contributed by atoms with Gasteiger partial charge in [0.1, 0.15) is 12.0 Å². The third-order valence-electron chi connectivity index (χ3n) is 5.06. The molecule has 2 aromatic heterocycles. The second-order valence-electron chi connectivity index (χ2n) is 7.37. The highest BCUT2D eigenvalue weighted by atomic mass is 16.4. The Morgan fingerprint density at radius 1 is 0.909 bits per heavy atom. The van der Waals surface area contributed by atoms with Crippen LogP contribution in [0, 0.1) is 0 Å².